The van der Waals surface area contributed by atoms with E-state index in [4.69, 9.17) is 16.3 Å². The molecule has 0 aromatic heterocycles. The highest BCUT2D eigenvalue weighted by molar-refractivity contribution is 9.08. The number of halogens is 2. The summed E-state index contributed by atoms with van der Waals surface area (Å²) < 4.78 is 5.00. The number of ether oxygens (including phenoxy) is 1. The van der Waals surface area contributed by atoms with Crippen molar-refractivity contribution in [1.29, 1.82) is 0 Å². The van der Waals surface area contributed by atoms with E-state index in [1.165, 1.54) is 0 Å². The third-order valence-electron chi connectivity index (χ3n) is 1.87. The number of benzene rings is 1. The van der Waals surface area contributed by atoms with Crippen LogP contribution in [0.15, 0.2) is 18.2 Å². The first-order valence-corrected chi connectivity index (χ1v) is 6.20. The summed E-state index contributed by atoms with van der Waals surface area (Å²) in [6.07, 6.45) is 0.818. The molecule has 0 radical (unpaired) electrons. The lowest BCUT2D eigenvalue weighted by atomic mass is 10.1. The lowest BCUT2D eigenvalue weighted by Gasteiger charge is -2.05. The van der Waals surface area contributed by atoms with Gasteiger partial charge in [-0.05, 0) is 24.1 Å². The van der Waals surface area contributed by atoms with E-state index in [0.29, 0.717) is 22.5 Å². The molecule has 82 valence electrons. The summed E-state index contributed by atoms with van der Waals surface area (Å²) in [7, 11) is 0. The van der Waals surface area contributed by atoms with Crippen LogP contribution in [-0.4, -0.2) is 12.6 Å². The van der Waals surface area contributed by atoms with Crippen LogP contribution in [-0.2, 0) is 10.1 Å². The van der Waals surface area contributed by atoms with Crippen LogP contribution in [0.2, 0.25) is 5.02 Å². The van der Waals surface area contributed by atoms with Gasteiger partial charge in [0.15, 0.2) is 0 Å². The Morgan fingerprint density at radius 3 is 2.80 bits per heavy atom. The van der Waals surface area contributed by atoms with Gasteiger partial charge >= 0.3 is 5.97 Å². The van der Waals surface area contributed by atoms with Gasteiger partial charge in [-0.25, -0.2) is 4.79 Å². The molecule has 0 saturated carbocycles. The summed E-state index contributed by atoms with van der Waals surface area (Å²) in [5.41, 5.74) is 1.46. The van der Waals surface area contributed by atoms with E-state index in [1.807, 2.05) is 13.0 Å². The topological polar surface area (TPSA) is 26.3 Å². The van der Waals surface area contributed by atoms with Crippen molar-refractivity contribution < 1.29 is 9.53 Å². The van der Waals surface area contributed by atoms with E-state index in [-0.39, 0.29) is 5.97 Å². The monoisotopic (exact) mass is 290 g/mol. The number of carbonyl (C=O) groups is 1. The maximum absolute atomic E-state index is 11.5. The highest BCUT2D eigenvalue weighted by Gasteiger charge is 2.08. The minimum atomic E-state index is -0.320. The Kier molecular flexibility index (Phi) is 5.12. The number of hydrogen-bond acceptors (Lipinski definition) is 2. The fraction of sp³-hybridized carbons (Fsp3) is 0.364. The molecule has 0 bridgehead atoms. The van der Waals surface area contributed by atoms with Crippen molar-refractivity contribution in [1.82, 2.24) is 0 Å². The highest BCUT2D eigenvalue weighted by Crippen LogP contribution is 2.20. The van der Waals surface area contributed by atoms with Gasteiger partial charge in [-0.1, -0.05) is 40.5 Å². The molecule has 4 heteroatoms. The molecule has 0 aliphatic carbocycles. The van der Waals surface area contributed by atoms with Crippen LogP contribution in [0.25, 0.3) is 0 Å². The van der Waals surface area contributed by atoms with Crippen LogP contribution in [0.5, 0.6) is 0 Å². The van der Waals surface area contributed by atoms with Gasteiger partial charge in [0.2, 0.25) is 0 Å². The van der Waals surface area contributed by atoms with Crippen molar-refractivity contribution in [2.24, 2.45) is 0 Å². The average molecular weight is 292 g/mol. The van der Waals surface area contributed by atoms with Crippen molar-refractivity contribution in [3.63, 3.8) is 0 Å². The minimum absolute atomic E-state index is 0.320. The molecule has 2 nitrogen and oxygen atoms in total. The Morgan fingerprint density at radius 1 is 1.53 bits per heavy atom. The highest BCUT2D eigenvalue weighted by atomic mass is 79.9. The van der Waals surface area contributed by atoms with E-state index in [1.54, 1.807) is 12.1 Å². The van der Waals surface area contributed by atoms with E-state index in [2.05, 4.69) is 15.9 Å². The van der Waals surface area contributed by atoms with Crippen LogP contribution in [0.3, 0.4) is 0 Å². The van der Waals surface area contributed by atoms with Gasteiger partial charge in [-0.2, -0.15) is 0 Å². The molecular formula is C11H12BrClO2. The molecule has 0 N–H and O–H groups in total. The third kappa shape index (κ3) is 3.50. The second kappa shape index (κ2) is 6.13. The predicted molar refractivity (Wildman–Crippen MR) is 64.7 cm³/mol. The summed E-state index contributed by atoms with van der Waals surface area (Å²) in [5, 5.41) is 1.26. The number of esters is 1. The fourth-order valence-corrected chi connectivity index (χ4v) is 1.96. The van der Waals surface area contributed by atoms with Crippen LogP contribution in [0, 0.1) is 0 Å². The molecule has 1 aromatic rings. The second-order valence-electron chi connectivity index (χ2n) is 3.08. The van der Waals surface area contributed by atoms with E-state index >= 15 is 0 Å². The van der Waals surface area contributed by atoms with Crippen molar-refractivity contribution >= 4 is 33.5 Å². The van der Waals surface area contributed by atoms with Gasteiger partial charge in [0.25, 0.3) is 0 Å². The van der Waals surface area contributed by atoms with Crippen LogP contribution in [0.1, 0.15) is 29.3 Å². The summed E-state index contributed by atoms with van der Waals surface area (Å²) in [5.74, 6) is -0.320. The standard InChI is InChI=1S/C11H12BrClO2/c1-2-5-15-11(14)8-3-4-9(7-12)10(13)6-8/h3-4,6H,2,5,7H2,1H3. The number of hydrogen-bond donors (Lipinski definition) is 0. The molecule has 15 heavy (non-hydrogen) atoms. The molecular weight excluding hydrogens is 279 g/mol. The lowest BCUT2D eigenvalue weighted by Crippen LogP contribution is -2.05. The fourth-order valence-electron chi connectivity index (χ4n) is 1.06. The molecule has 1 aromatic carbocycles. The van der Waals surface area contributed by atoms with Crippen LogP contribution >= 0.6 is 27.5 Å². The van der Waals surface area contributed by atoms with Gasteiger partial charge in [0, 0.05) is 10.4 Å². The molecule has 0 unspecified atom stereocenters. The number of carbonyl (C=O) groups excluding carboxylic acids is 1. The number of alkyl halides is 1. The van der Waals surface area contributed by atoms with Crippen molar-refractivity contribution in [3.05, 3.63) is 34.3 Å². The van der Waals surface area contributed by atoms with Gasteiger partial charge in [0.1, 0.15) is 0 Å². The summed E-state index contributed by atoms with van der Waals surface area (Å²) in [6.45, 7) is 2.39. The largest absolute Gasteiger partial charge is 0.462 e. The Morgan fingerprint density at radius 2 is 2.27 bits per heavy atom. The normalized spacial score (nSPS) is 10.1. The lowest BCUT2D eigenvalue weighted by molar-refractivity contribution is 0.0505. The molecule has 1 rings (SSSR count). The molecule has 0 aliphatic rings. The SMILES string of the molecule is CCCOC(=O)c1ccc(CBr)c(Cl)c1. The van der Waals surface area contributed by atoms with E-state index < -0.39 is 0 Å². The van der Waals surface area contributed by atoms with Crippen molar-refractivity contribution in [3.8, 4) is 0 Å². The maximum atomic E-state index is 11.5. The maximum Gasteiger partial charge on any atom is 0.338 e. The third-order valence-corrected chi connectivity index (χ3v) is 2.83. The molecule has 0 atom stereocenters. The van der Waals surface area contributed by atoms with Gasteiger partial charge in [-0.3, -0.25) is 0 Å². The zero-order valence-electron chi connectivity index (χ0n) is 8.43. The zero-order chi connectivity index (χ0) is 11.3. The first-order chi connectivity index (χ1) is 7.19. The van der Waals surface area contributed by atoms with Gasteiger partial charge in [0.05, 0.1) is 12.2 Å². The summed E-state index contributed by atoms with van der Waals surface area (Å²) in [4.78, 5) is 11.5. The first-order valence-electron chi connectivity index (χ1n) is 4.70. The Labute approximate surface area is 103 Å². The molecule has 0 heterocycles. The van der Waals surface area contributed by atoms with Gasteiger partial charge < -0.3 is 4.74 Å². The molecule has 0 fully saturated rings. The summed E-state index contributed by atoms with van der Waals surface area (Å²) in [6, 6.07) is 5.18. The minimum Gasteiger partial charge on any atom is -0.462 e. The molecule has 0 aliphatic heterocycles. The first kappa shape index (κ1) is 12.5. The van der Waals surface area contributed by atoms with Crippen molar-refractivity contribution in [2.45, 2.75) is 18.7 Å². The molecule has 0 amide bonds. The van der Waals surface area contributed by atoms with Crippen LogP contribution < -0.4 is 0 Å². The van der Waals surface area contributed by atoms with Crippen molar-refractivity contribution in [2.75, 3.05) is 6.61 Å². The second-order valence-corrected chi connectivity index (χ2v) is 4.04. The quantitative estimate of drug-likeness (QED) is 0.623. The summed E-state index contributed by atoms with van der Waals surface area (Å²) >= 11 is 9.28. The molecule has 0 spiro atoms. The zero-order valence-corrected chi connectivity index (χ0v) is 10.8. The predicted octanol–water partition coefficient (Wildman–Crippen LogP) is 3.80. The van der Waals surface area contributed by atoms with E-state index in [0.717, 1.165) is 12.0 Å². The smallest absolute Gasteiger partial charge is 0.338 e. The Balaban J connectivity index is 2.78. The molecule has 0 saturated heterocycles. The van der Waals surface area contributed by atoms with E-state index in [9.17, 15) is 4.79 Å². The number of rotatable bonds is 4. The average Bonchev–Trinajstić information content (AvgIpc) is 2.25. The van der Waals surface area contributed by atoms with Crippen LogP contribution in [0.4, 0.5) is 0 Å². The van der Waals surface area contributed by atoms with Gasteiger partial charge in [-0.15, -0.1) is 0 Å². The Bertz CT molecular complexity index is 352. The Hall–Kier alpha value is -0.540.